The van der Waals surface area contributed by atoms with Crippen molar-refractivity contribution in [2.24, 2.45) is 4.99 Å². The van der Waals surface area contributed by atoms with Gasteiger partial charge in [-0.2, -0.15) is 5.26 Å². The van der Waals surface area contributed by atoms with Crippen LogP contribution in [0.1, 0.15) is 12.5 Å². The molecule has 4 heteroatoms. The van der Waals surface area contributed by atoms with Gasteiger partial charge in [0.05, 0.1) is 11.3 Å². The largest absolute Gasteiger partial charge is 0.366 e. The highest BCUT2D eigenvalue weighted by atomic mass is 35.5. The lowest BCUT2D eigenvalue weighted by Crippen LogP contribution is -2.17. The topological polar surface area (TPSA) is 39.4 Å². The van der Waals surface area contributed by atoms with E-state index in [0.717, 1.165) is 5.84 Å². The van der Waals surface area contributed by atoms with Crippen molar-refractivity contribution in [2.75, 3.05) is 14.1 Å². The maximum atomic E-state index is 8.90. The highest BCUT2D eigenvalue weighted by Crippen LogP contribution is 2.22. The summed E-state index contributed by atoms with van der Waals surface area (Å²) in [7, 11) is 3.81. The number of nitriles is 1. The van der Waals surface area contributed by atoms with Gasteiger partial charge in [0.25, 0.3) is 0 Å². The highest BCUT2D eigenvalue weighted by Gasteiger charge is 2.02. The van der Waals surface area contributed by atoms with Crippen LogP contribution in [-0.4, -0.2) is 24.8 Å². The summed E-state index contributed by atoms with van der Waals surface area (Å²) in [5.74, 6) is 0.842. The molecular weight excluding hydrogens is 210 g/mol. The minimum Gasteiger partial charge on any atom is -0.366 e. The van der Waals surface area contributed by atoms with Gasteiger partial charge in [0.15, 0.2) is 0 Å². The number of halogens is 1. The Hall–Kier alpha value is -1.53. The Balaban J connectivity index is 3.17. The van der Waals surface area contributed by atoms with Crippen molar-refractivity contribution >= 4 is 23.1 Å². The maximum Gasteiger partial charge on any atom is 0.101 e. The van der Waals surface area contributed by atoms with Gasteiger partial charge in [0, 0.05) is 19.1 Å². The summed E-state index contributed by atoms with van der Waals surface area (Å²) < 4.78 is 0. The number of amidine groups is 1. The molecule has 1 aromatic rings. The zero-order chi connectivity index (χ0) is 11.4. The average molecular weight is 222 g/mol. The normalized spacial score (nSPS) is 11.0. The molecule has 0 radical (unpaired) electrons. The van der Waals surface area contributed by atoms with Crippen LogP contribution >= 0.6 is 11.6 Å². The SMILES string of the molecule is CC(=Nc1ccc(Cl)cc1C#N)N(C)C. The second kappa shape index (κ2) is 4.81. The smallest absolute Gasteiger partial charge is 0.101 e. The van der Waals surface area contributed by atoms with Gasteiger partial charge >= 0.3 is 0 Å². The van der Waals surface area contributed by atoms with Crippen LogP contribution in [0, 0.1) is 11.3 Å². The molecule has 0 saturated carbocycles. The highest BCUT2D eigenvalue weighted by molar-refractivity contribution is 6.30. The molecule has 0 aliphatic heterocycles. The van der Waals surface area contributed by atoms with Crippen LogP contribution in [0.25, 0.3) is 0 Å². The predicted octanol–water partition coefficient (Wildman–Crippen LogP) is 2.82. The molecule has 0 spiro atoms. The molecule has 0 aromatic heterocycles. The third-order valence-corrected chi connectivity index (χ3v) is 2.24. The van der Waals surface area contributed by atoms with Gasteiger partial charge in [-0.05, 0) is 25.1 Å². The Kier molecular flexibility index (Phi) is 3.70. The van der Waals surface area contributed by atoms with Gasteiger partial charge in [0.1, 0.15) is 11.9 Å². The molecule has 0 fully saturated rings. The van der Waals surface area contributed by atoms with Crippen LogP contribution in [0.2, 0.25) is 5.02 Å². The van der Waals surface area contributed by atoms with Crippen molar-refractivity contribution in [3.05, 3.63) is 28.8 Å². The van der Waals surface area contributed by atoms with E-state index in [2.05, 4.69) is 11.1 Å². The molecule has 0 heterocycles. The fraction of sp³-hybridized carbons (Fsp3) is 0.273. The Labute approximate surface area is 94.6 Å². The van der Waals surface area contributed by atoms with E-state index in [1.54, 1.807) is 18.2 Å². The first kappa shape index (κ1) is 11.5. The van der Waals surface area contributed by atoms with Crippen LogP contribution in [0.15, 0.2) is 23.2 Å². The predicted molar refractivity (Wildman–Crippen MR) is 62.6 cm³/mol. The van der Waals surface area contributed by atoms with E-state index in [0.29, 0.717) is 16.3 Å². The number of rotatable bonds is 1. The zero-order valence-corrected chi connectivity index (χ0v) is 9.71. The Morgan fingerprint density at radius 3 is 2.67 bits per heavy atom. The van der Waals surface area contributed by atoms with Gasteiger partial charge in [-0.15, -0.1) is 0 Å². The van der Waals surface area contributed by atoms with E-state index in [1.807, 2.05) is 25.9 Å². The Morgan fingerprint density at radius 1 is 1.47 bits per heavy atom. The Bertz CT molecular complexity index is 430. The molecule has 0 aliphatic carbocycles. The summed E-state index contributed by atoms with van der Waals surface area (Å²) in [4.78, 5) is 6.22. The average Bonchev–Trinajstić information content (AvgIpc) is 2.20. The molecule has 0 bridgehead atoms. The minimum absolute atomic E-state index is 0.490. The summed E-state index contributed by atoms with van der Waals surface area (Å²) in [5, 5.41) is 9.45. The minimum atomic E-state index is 0.490. The van der Waals surface area contributed by atoms with Crippen molar-refractivity contribution in [1.29, 1.82) is 5.26 Å². The first-order chi connectivity index (χ1) is 7.04. The Morgan fingerprint density at radius 2 is 2.13 bits per heavy atom. The van der Waals surface area contributed by atoms with E-state index in [1.165, 1.54) is 0 Å². The van der Waals surface area contributed by atoms with E-state index in [9.17, 15) is 0 Å². The summed E-state index contributed by atoms with van der Waals surface area (Å²) in [5.41, 5.74) is 1.14. The summed E-state index contributed by atoms with van der Waals surface area (Å²) in [6.45, 7) is 1.88. The molecule has 1 rings (SSSR count). The van der Waals surface area contributed by atoms with Gasteiger partial charge in [-0.25, -0.2) is 4.99 Å². The number of hydrogen-bond acceptors (Lipinski definition) is 2. The fourth-order valence-electron chi connectivity index (χ4n) is 0.970. The molecule has 0 saturated heterocycles. The first-order valence-corrected chi connectivity index (χ1v) is 4.84. The van der Waals surface area contributed by atoms with E-state index >= 15 is 0 Å². The molecule has 3 nitrogen and oxygen atoms in total. The van der Waals surface area contributed by atoms with E-state index < -0.39 is 0 Å². The van der Waals surface area contributed by atoms with Crippen LogP contribution < -0.4 is 0 Å². The van der Waals surface area contributed by atoms with Crippen LogP contribution in [0.5, 0.6) is 0 Å². The monoisotopic (exact) mass is 221 g/mol. The molecule has 1 aromatic carbocycles. The number of nitrogens with zero attached hydrogens (tertiary/aromatic N) is 3. The third-order valence-electron chi connectivity index (χ3n) is 2.01. The molecule has 0 unspecified atom stereocenters. The van der Waals surface area contributed by atoms with Crippen molar-refractivity contribution in [3.8, 4) is 6.07 Å². The van der Waals surface area contributed by atoms with Crippen molar-refractivity contribution < 1.29 is 0 Å². The lowest BCUT2D eigenvalue weighted by molar-refractivity contribution is 0.619. The molecule has 78 valence electrons. The van der Waals surface area contributed by atoms with Crippen LogP contribution in [0.3, 0.4) is 0 Å². The maximum absolute atomic E-state index is 8.90. The van der Waals surface area contributed by atoms with E-state index in [4.69, 9.17) is 16.9 Å². The van der Waals surface area contributed by atoms with Crippen LogP contribution in [-0.2, 0) is 0 Å². The molecule has 15 heavy (non-hydrogen) atoms. The van der Waals surface area contributed by atoms with Gasteiger partial charge in [0.2, 0.25) is 0 Å². The summed E-state index contributed by atoms with van der Waals surface area (Å²) in [6.07, 6.45) is 0. The lowest BCUT2D eigenvalue weighted by atomic mass is 10.2. The van der Waals surface area contributed by atoms with Gasteiger partial charge in [-0.3, -0.25) is 0 Å². The van der Waals surface area contributed by atoms with Crippen molar-refractivity contribution in [2.45, 2.75) is 6.92 Å². The second-order valence-electron chi connectivity index (χ2n) is 3.33. The quantitative estimate of drug-likeness (QED) is 0.540. The molecular formula is C11H12ClN3. The molecule has 0 N–H and O–H groups in total. The van der Waals surface area contributed by atoms with Crippen molar-refractivity contribution in [3.63, 3.8) is 0 Å². The zero-order valence-electron chi connectivity index (χ0n) is 8.95. The van der Waals surface area contributed by atoms with Crippen LogP contribution in [0.4, 0.5) is 5.69 Å². The molecule has 0 aliphatic rings. The summed E-state index contributed by atoms with van der Waals surface area (Å²) >= 11 is 5.78. The second-order valence-corrected chi connectivity index (χ2v) is 3.76. The third kappa shape index (κ3) is 2.97. The summed E-state index contributed by atoms with van der Waals surface area (Å²) in [6, 6.07) is 7.16. The molecule has 0 atom stereocenters. The number of aliphatic imine (C=N–C) groups is 1. The standard InChI is InChI=1S/C11H12ClN3/c1-8(15(2)3)14-11-5-4-10(12)6-9(11)7-13/h4-6H,1-3H3. The van der Waals surface area contributed by atoms with Crippen molar-refractivity contribution in [1.82, 2.24) is 4.90 Å². The lowest BCUT2D eigenvalue weighted by Gasteiger charge is -2.11. The van der Waals surface area contributed by atoms with Gasteiger partial charge < -0.3 is 4.90 Å². The van der Waals surface area contributed by atoms with E-state index in [-0.39, 0.29) is 0 Å². The fourth-order valence-corrected chi connectivity index (χ4v) is 1.14. The number of benzene rings is 1. The van der Waals surface area contributed by atoms with Gasteiger partial charge in [-0.1, -0.05) is 11.6 Å². The first-order valence-electron chi connectivity index (χ1n) is 4.47. The molecule has 0 amide bonds. The number of hydrogen-bond donors (Lipinski definition) is 0.